The first kappa shape index (κ1) is 37.9. The van der Waals surface area contributed by atoms with E-state index in [1.54, 1.807) is 26.0 Å². The van der Waals surface area contributed by atoms with Crippen molar-refractivity contribution in [2.75, 3.05) is 39.3 Å². The minimum Gasteiger partial charge on any atom is -0.480 e. The minimum absolute atomic E-state index is 0.00621. The summed E-state index contributed by atoms with van der Waals surface area (Å²) in [6, 6.07) is 8.28. The van der Waals surface area contributed by atoms with Gasteiger partial charge in [0.25, 0.3) is 0 Å². The van der Waals surface area contributed by atoms with Gasteiger partial charge < -0.3 is 20.5 Å². The molecule has 0 amide bonds. The maximum absolute atomic E-state index is 13.9. The van der Waals surface area contributed by atoms with Gasteiger partial charge in [0.1, 0.15) is 24.1 Å². The van der Waals surface area contributed by atoms with Gasteiger partial charge in [0.15, 0.2) is 0 Å². The van der Waals surface area contributed by atoms with Crippen LogP contribution in [0.5, 0.6) is 0 Å². The molecular formula is C35H49N5O8S2. The maximum Gasteiger partial charge on any atom is 0.320 e. The van der Waals surface area contributed by atoms with Gasteiger partial charge in [-0.15, -0.1) is 0 Å². The molecule has 1 aliphatic carbocycles. The Hall–Kier alpha value is -3.37. The van der Waals surface area contributed by atoms with E-state index < -0.39 is 32.1 Å². The smallest absolute Gasteiger partial charge is 0.320 e. The van der Waals surface area contributed by atoms with Crippen LogP contribution in [0.1, 0.15) is 76.6 Å². The normalized spacial score (nSPS) is 24.0. The van der Waals surface area contributed by atoms with Gasteiger partial charge in [-0.25, -0.2) is 16.8 Å². The Morgan fingerprint density at radius 1 is 0.800 bits per heavy atom. The largest absolute Gasteiger partial charge is 0.480 e. The van der Waals surface area contributed by atoms with Crippen LogP contribution in [0.15, 0.2) is 56.5 Å². The topological polar surface area (TPSA) is 178 Å². The molecule has 0 radical (unpaired) electrons. The predicted molar refractivity (Wildman–Crippen MR) is 190 cm³/mol. The van der Waals surface area contributed by atoms with E-state index in [2.05, 4.69) is 15.6 Å². The minimum atomic E-state index is -3.92. The van der Waals surface area contributed by atoms with Crippen LogP contribution in [0.2, 0.25) is 0 Å². The lowest BCUT2D eigenvalue weighted by atomic mass is 9.83. The molecule has 5 atom stereocenters. The number of hydrogen-bond acceptors (Lipinski definition) is 10. The van der Waals surface area contributed by atoms with Crippen molar-refractivity contribution >= 4 is 37.4 Å². The molecule has 0 spiro atoms. The summed E-state index contributed by atoms with van der Waals surface area (Å²) in [4.78, 5) is 17.3. The fraction of sp³-hybridized carbons (Fsp3) is 0.571. The van der Waals surface area contributed by atoms with E-state index in [0.29, 0.717) is 37.3 Å². The maximum atomic E-state index is 13.9. The summed E-state index contributed by atoms with van der Waals surface area (Å²) < 4.78 is 58.7. The fourth-order valence-electron chi connectivity index (χ4n) is 7.55. The van der Waals surface area contributed by atoms with E-state index in [0.717, 1.165) is 12.8 Å². The quantitative estimate of drug-likeness (QED) is 0.149. The summed E-state index contributed by atoms with van der Waals surface area (Å²) in [5.74, 6) is -0.372. The summed E-state index contributed by atoms with van der Waals surface area (Å²) >= 11 is 0. The number of hydrogen-bond donors (Lipinski definition) is 3. The fourth-order valence-corrected chi connectivity index (χ4v) is 11.0. The Kier molecular flexibility index (Phi) is 11.4. The van der Waals surface area contributed by atoms with Crippen molar-refractivity contribution in [2.45, 2.75) is 70.2 Å². The highest BCUT2D eigenvalue weighted by Gasteiger charge is 2.37. The van der Waals surface area contributed by atoms with Crippen LogP contribution in [-0.4, -0.2) is 98.5 Å². The first-order chi connectivity index (χ1) is 23.5. The Morgan fingerprint density at radius 3 is 1.62 bits per heavy atom. The zero-order valence-corrected chi connectivity index (χ0v) is 31.2. The number of fused-ring (bicyclic) bond motifs is 2. The third kappa shape index (κ3) is 7.76. The molecule has 0 bridgehead atoms. The van der Waals surface area contributed by atoms with Crippen molar-refractivity contribution in [1.29, 1.82) is 0 Å². The van der Waals surface area contributed by atoms with Crippen molar-refractivity contribution in [2.24, 2.45) is 39.9 Å². The van der Waals surface area contributed by atoms with Crippen molar-refractivity contribution < 1.29 is 36.8 Å². The Labute approximate surface area is 295 Å². The van der Waals surface area contributed by atoms with Crippen LogP contribution in [0.3, 0.4) is 0 Å². The van der Waals surface area contributed by atoms with Crippen molar-refractivity contribution in [3.05, 3.63) is 58.7 Å². The van der Waals surface area contributed by atoms with E-state index in [-0.39, 0.29) is 75.1 Å². The van der Waals surface area contributed by atoms with Crippen molar-refractivity contribution in [3.8, 4) is 0 Å². The summed E-state index contributed by atoms with van der Waals surface area (Å²) in [7, 11) is -7.85. The van der Waals surface area contributed by atoms with Gasteiger partial charge in [0.2, 0.25) is 20.0 Å². The number of carbonyl (C=O) groups is 1. The number of oxime groups is 2. The molecule has 2 heterocycles. The van der Waals surface area contributed by atoms with Crippen LogP contribution < -0.4 is 5.32 Å². The number of carboxylic acids is 1. The van der Waals surface area contributed by atoms with Gasteiger partial charge in [-0.1, -0.05) is 64.0 Å². The van der Waals surface area contributed by atoms with Gasteiger partial charge in [-0.3, -0.25) is 4.79 Å². The van der Waals surface area contributed by atoms with Gasteiger partial charge >= 0.3 is 5.97 Å². The molecule has 15 heteroatoms. The molecule has 0 saturated carbocycles. The van der Waals surface area contributed by atoms with Crippen LogP contribution in [0, 0.1) is 29.6 Å². The number of nitrogens with one attached hydrogen (secondary N) is 1. The SMILES string of the molecule is CC(C)[C@H](NCCON=C1c2ccc(S(=O)(=O)N3C[C@H](C)C[C@H](C)C3)cc2C(=NO)c2cc(S(=O)(=O)N3C[C@H](C)C[C@H](C)C3)ccc21)C(=O)O. The zero-order chi connectivity index (χ0) is 36.5. The molecule has 0 aromatic heterocycles. The summed E-state index contributed by atoms with van der Waals surface area (Å²) in [6.45, 7) is 13.4. The Bertz CT molecular complexity index is 1750. The van der Waals surface area contributed by atoms with E-state index in [4.69, 9.17) is 4.84 Å². The van der Waals surface area contributed by atoms with Crippen molar-refractivity contribution in [3.63, 3.8) is 0 Å². The Balaban J connectivity index is 1.56. The molecule has 274 valence electrons. The summed E-state index contributed by atoms with van der Waals surface area (Å²) in [5.41, 5.74) is 1.65. The third-order valence-electron chi connectivity index (χ3n) is 9.69. The average molecular weight is 732 g/mol. The summed E-state index contributed by atoms with van der Waals surface area (Å²) in [6.07, 6.45) is 1.86. The number of carboxylic acid groups (broad SMARTS) is 1. The summed E-state index contributed by atoms with van der Waals surface area (Å²) in [5, 5.41) is 30.8. The van der Waals surface area contributed by atoms with Gasteiger partial charge in [-0.2, -0.15) is 8.61 Å². The molecule has 2 aliphatic heterocycles. The number of piperidine rings is 2. The number of nitrogens with zero attached hydrogens (tertiary/aromatic N) is 4. The lowest BCUT2D eigenvalue weighted by Gasteiger charge is -2.34. The van der Waals surface area contributed by atoms with Crippen LogP contribution >= 0.6 is 0 Å². The van der Waals surface area contributed by atoms with Crippen LogP contribution in [0.25, 0.3) is 0 Å². The highest BCUT2D eigenvalue weighted by atomic mass is 32.2. The third-order valence-corrected chi connectivity index (χ3v) is 13.4. The van der Waals surface area contributed by atoms with E-state index in [9.17, 15) is 31.9 Å². The predicted octanol–water partition coefficient (Wildman–Crippen LogP) is 4.03. The average Bonchev–Trinajstić information content (AvgIpc) is 3.04. The van der Waals surface area contributed by atoms with Crippen molar-refractivity contribution in [1.82, 2.24) is 13.9 Å². The van der Waals surface area contributed by atoms with E-state index in [1.807, 2.05) is 27.7 Å². The standard InChI is InChI=1S/C35H49N5O8S2/c1-21(2)32(35(41)42)36-11-12-48-38-34-28-9-7-26(49(44,45)39-17-22(3)13-23(4)18-39)15-30(28)33(37-43)31-16-27(8-10-29(31)34)50(46,47)40-19-24(5)14-25(6)20-40/h7-10,15-16,21-25,32,36,43H,11-14,17-20H2,1-6H3,(H,41,42)/t22-,23+,24-,25+,32-/m0/s1. The molecule has 3 N–H and O–H groups in total. The molecular weight excluding hydrogens is 683 g/mol. The lowest BCUT2D eigenvalue weighted by Crippen LogP contribution is -2.42. The number of benzene rings is 2. The van der Waals surface area contributed by atoms with E-state index in [1.165, 1.54) is 32.9 Å². The molecule has 3 aliphatic rings. The molecule has 2 aromatic carbocycles. The monoisotopic (exact) mass is 731 g/mol. The molecule has 0 unspecified atom stereocenters. The second kappa shape index (κ2) is 15.1. The number of sulfonamides is 2. The van der Waals surface area contributed by atoms with Crippen LogP contribution in [0.4, 0.5) is 0 Å². The second-order valence-corrected chi connectivity index (χ2v) is 18.6. The molecule has 2 aromatic rings. The molecule has 13 nitrogen and oxygen atoms in total. The van der Waals surface area contributed by atoms with Crippen LogP contribution in [-0.2, 0) is 29.7 Å². The van der Waals surface area contributed by atoms with Gasteiger partial charge in [0, 0.05) is 55.0 Å². The first-order valence-electron chi connectivity index (χ1n) is 17.2. The lowest BCUT2D eigenvalue weighted by molar-refractivity contribution is -0.140. The highest BCUT2D eigenvalue weighted by Crippen LogP contribution is 2.35. The molecule has 5 rings (SSSR count). The Morgan fingerprint density at radius 2 is 1.24 bits per heavy atom. The number of aliphatic carboxylic acids is 1. The molecule has 2 fully saturated rings. The first-order valence-corrected chi connectivity index (χ1v) is 20.1. The second-order valence-electron chi connectivity index (χ2n) is 14.7. The van der Waals surface area contributed by atoms with Gasteiger partial charge in [0.05, 0.1) is 9.79 Å². The van der Waals surface area contributed by atoms with Gasteiger partial charge in [-0.05, 0) is 66.7 Å². The van der Waals surface area contributed by atoms with E-state index >= 15 is 0 Å². The number of rotatable bonds is 11. The highest BCUT2D eigenvalue weighted by molar-refractivity contribution is 7.89. The zero-order valence-electron chi connectivity index (χ0n) is 29.5. The molecule has 2 saturated heterocycles. The molecule has 50 heavy (non-hydrogen) atoms.